The molecule has 182 valence electrons. The molecule has 0 unspecified atom stereocenters. The van der Waals surface area contributed by atoms with Crippen molar-refractivity contribution in [1.82, 2.24) is 29.8 Å². The minimum Gasteiger partial charge on any atom is -0.337 e. The maximum absolute atomic E-state index is 9.73. The van der Waals surface area contributed by atoms with E-state index in [1.807, 2.05) is 22.8 Å². The molecule has 11 heteroatoms. The number of H-pyrrole nitrogens is 1. The minimum absolute atomic E-state index is 0.277. The van der Waals surface area contributed by atoms with Crippen LogP contribution in [0.15, 0.2) is 36.0 Å². The van der Waals surface area contributed by atoms with E-state index in [0.29, 0.717) is 17.6 Å². The van der Waals surface area contributed by atoms with Crippen molar-refractivity contribution < 1.29 is 4.79 Å². The van der Waals surface area contributed by atoms with Crippen LogP contribution in [-0.2, 0) is 10.2 Å². The van der Waals surface area contributed by atoms with Crippen LogP contribution in [0, 0.1) is 12.8 Å². The molecular weight excluding hydrogens is 462 g/mol. The van der Waals surface area contributed by atoms with Crippen LogP contribution in [0.4, 0.5) is 22.7 Å². The van der Waals surface area contributed by atoms with Gasteiger partial charge in [-0.05, 0) is 44.7 Å². The lowest BCUT2D eigenvalue weighted by Crippen LogP contribution is -2.29. The van der Waals surface area contributed by atoms with Crippen LogP contribution < -0.4 is 15.5 Å². The summed E-state index contributed by atoms with van der Waals surface area (Å²) < 4.78 is 1.89. The smallest absolute Gasteiger partial charge is 0.245 e. The first-order valence-corrected chi connectivity index (χ1v) is 12.3. The Hall–Kier alpha value is -3.91. The number of nitrogens with zero attached hydrogens (tertiary/aromatic N) is 6. The average Bonchev–Trinajstić information content (AvgIpc) is 3.44. The zero-order valence-corrected chi connectivity index (χ0v) is 20.6. The van der Waals surface area contributed by atoms with Crippen molar-refractivity contribution in [3.05, 3.63) is 41.7 Å². The Labute approximate surface area is 208 Å². The summed E-state index contributed by atoms with van der Waals surface area (Å²) in [6.07, 6.45) is 17.0. The molecule has 6 rings (SSSR count). The van der Waals surface area contributed by atoms with Crippen molar-refractivity contribution in [1.29, 1.82) is 0 Å². The van der Waals surface area contributed by atoms with Crippen molar-refractivity contribution in [2.45, 2.75) is 51.0 Å². The molecule has 35 heavy (non-hydrogen) atoms. The van der Waals surface area contributed by atoms with Crippen LogP contribution in [0.25, 0.3) is 5.52 Å². The van der Waals surface area contributed by atoms with Gasteiger partial charge in [-0.3, -0.25) is 9.89 Å². The lowest BCUT2D eigenvalue weighted by molar-refractivity contribution is -0.105. The first-order valence-electron chi connectivity index (χ1n) is 11.4. The van der Waals surface area contributed by atoms with Gasteiger partial charge in [-0.1, -0.05) is 6.92 Å². The molecule has 4 aromatic rings. The van der Waals surface area contributed by atoms with Gasteiger partial charge in [-0.15, -0.1) is 29.3 Å². The average molecular weight is 492 g/mol. The molecule has 3 N–H and O–H groups in total. The van der Waals surface area contributed by atoms with Crippen molar-refractivity contribution in [2.24, 2.45) is 0 Å². The van der Waals surface area contributed by atoms with Gasteiger partial charge in [0.1, 0.15) is 5.52 Å². The van der Waals surface area contributed by atoms with Crippen LogP contribution in [0.5, 0.6) is 0 Å². The van der Waals surface area contributed by atoms with E-state index >= 15 is 0 Å². The number of amides is 1. The molecule has 4 aromatic heterocycles. The predicted octanol–water partition coefficient (Wildman–Crippen LogP) is 4.20. The SMILES string of the molecule is C#C.C[C@H]1CCCN1c1nc(Nc2cc(C3(C)CC3)[nH]n2)c2cccn2n1.O=CNc1nccs1. The number of hydrogen-bond acceptors (Lipinski definition) is 8. The highest BCUT2D eigenvalue weighted by atomic mass is 32.1. The Morgan fingerprint density at radius 2 is 2.17 bits per heavy atom. The molecule has 1 amide bonds. The van der Waals surface area contributed by atoms with Crippen LogP contribution in [-0.4, -0.2) is 48.8 Å². The predicted molar refractivity (Wildman–Crippen MR) is 139 cm³/mol. The van der Waals surface area contributed by atoms with Gasteiger partial charge in [0.2, 0.25) is 12.4 Å². The maximum Gasteiger partial charge on any atom is 0.245 e. The lowest BCUT2D eigenvalue weighted by atomic mass is 10.1. The summed E-state index contributed by atoms with van der Waals surface area (Å²) in [6, 6.07) is 6.60. The Kier molecular flexibility index (Phi) is 7.31. The van der Waals surface area contributed by atoms with Crippen molar-refractivity contribution in [2.75, 3.05) is 22.1 Å². The summed E-state index contributed by atoms with van der Waals surface area (Å²) >= 11 is 1.39. The van der Waals surface area contributed by atoms with Gasteiger partial charge in [0.05, 0.1) is 0 Å². The summed E-state index contributed by atoms with van der Waals surface area (Å²) in [6.45, 7) is 5.52. The van der Waals surface area contributed by atoms with Crippen LogP contribution in [0.3, 0.4) is 0 Å². The number of hydrogen-bond donors (Lipinski definition) is 3. The molecule has 0 aromatic carbocycles. The summed E-state index contributed by atoms with van der Waals surface area (Å²) in [5.41, 5.74) is 2.43. The number of nitrogens with one attached hydrogen (secondary N) is 3. The molecule has 2 fully saturated rings. The molecule has 0 radical (unpaired) electrons. The maximum atomic E-state index is 9.73. The van der Waals surface area contributed by atoms with Gasteiger partial charge < -0.3 is 15.5 Å². The van der Waals surface area contributed by atoms with Gasteiger partial charge >= 0.3 is 0 Å². The second-order valence-corrected chi connectivity index (χ2v) is 9.63. The molecule has 1 aliphatic carbocycles. The van der Waals surface area contributed by atoms with E-state index in [1.165, 1.54) is 42.7 Å². The van der Waals surface area contributed by atoms with Gasteiger partial charge in [0.15, 0.2) is 16.8 Å². The topological polar surface area (TPSA) is 116 Å². The largest absolute Gasteiger partial charge is 0.337 e. The Morgan fingerprint density at radius 3 is 2.83 bits per heavy atom. The van der Waals surface area contributed by atoms with Crippen molar-refractivity contribution in [3.63, 3.8) is 0 Å². The van der Waals surface area contributed by atoms with Gasteiger partial charge in [0, 0.05) is 47.5 Å². The second-order valence-electron chi connectivity index (χ2n) is 8.74. The van der Waals surface area contributed by atoms with E-state index in [1.54, 1.807) is 11.6 Å². The lowest BCUT2D eigenvalue weighted by Gasteiger charge is -2.22. The normalized spacial score (nSPS) is 17.6. The van der Waals surface area contributed by atoms with Crippen molar-refractivity contribution in [3.8, 4) is 12.8 Å². The van der Waals surface area contributed by atoms with Gasteiger partial charge in [-0.25, -0.2) is 9.50 Å². The highest BCUT2D eigenvalue weighted by Gasteiger charge is 2.40. The van der Waals surface area contributed by atoms with E-state index in [2.05, 4.69) is 68.6 Å². The number of fused-ring (bicyclic) bond motifs is 1. The molecule has 5 heterocycles. The van der Waals surface area contributed by atoms with E-state index < -0.39 is 0 Å². The number of terminal acetylenes is 1. The number of thiazole rings is 1. The van der Waals surface area contributed by atoms with E-state index in [0.717, 1.165) is 29.6 Å². The monoisotopic (exact) mass is 491 g/mol. The van der Waals surface area contributed by atoms with Gasteiger partial charge in [-0.2, -0.15) is 10.1 Å². The fourth-order valence-corrected chi connectivity index (χ4v) is 4.47. The quantitative estimate of drug-likeness (QED) is 0.273. The Bertz CT molecular complexity index is 1270. The first kappa shape index (κ1) is 24.2. The minimum atomic E-state index is 0.277. The summed E-state index contributed by atoms with van der Waals surface area (Å²) in [5, 5.41) is 20.5. The molecule has 1 aliphatic heterocycles. The first-order chi connectivity index (χ1) is 17.1. The summed E-state index contributed by atoms with van der Waals surface area (Å²) in [7, 11) is 0. The van der Waals surface area contributed by atoms with E-state index in [4.69, 9.17) is 4.98 Å². The van der Waals surface area contributed by atoms with E-state index in [9.17, 15) is 4.79 Å². The third-order valence-corrected chi connectivity index (χ3v) is 6.98. The van der Waals surface area contributed by atoms with Crippen LogP contribution >= 0.6 is 11.3 Å². The zero-order chi connectivity index (χ0) is 24.8. The third-order valence-electron chi connectivity index (χ3n) is 6.28. The number of anilines is 4. The summed E-state index contributed by atoms with van der Waals surface area (Å²) in [5.74, 6) is 2.39. The fourth-order valence-electron chi connectivity index (χ4n) is 3.99. The third kappa shape index (κ3) is 5.44. The molecular formula is C24H29N9OS. The standard InChI is InChI=1S/C18H23N7.C4H4N2OS.C2H2/c1-12-5-3-9-24(12)17-20-16(13-6-4-10-25(13)23-17)19-15-11-14(21-22-15)18(2)7-8-18;7-3-6-4-5-1-2-8-4;1-2/h4,6,10-12H,3,5,7-9H2,1-2H3,(H2,19,20,21,22,23);1-3H,(H,5,6,7);1-2H/t12-;;/m0../s1. The molecule has 0 bridgehead atoms. The highest BCUT2D eigenvalue weighted by Crippen LogP contribution is 2.47. The zero-order valence-electron chi connectivity index (χ0n) is 19.8. The Balaban J connectivity index is 0.000000245. The molecule has 1 saturated carbocycles. The van der Waals surface area contributed by atoms with Crippen LogP contribution in [0.1, 0.15) is 45.2 Å². The number of carbonyl (C=O) groups excluding carboxylic acids is 1. The molecule has 10 nitrogen and oxygen atoms in total. The number of carbonyl (C=O) groups is 1. The summed E-state index contributed by atoms with van der Waals surface area (Å²) in [4.78, 5) is 20.6. The number of rotatable bonds is 6. The second kappa shape index (κ2) is 10.6. The van der Waals surface area contributed by atoms with E-state index in [-0.39, 0.29) is 5.41 Å². The molecule has 1 saturated heterocycles. The van der Waals surface area contributed by atoms with Crippen molar-refractivity contribution >= 4 is 46.0 Å². The number of aromatic nitrogens is 6. The molecule has 0 spiro atoms. The van der Waals surface area contributed by atoms with Gasteiger partial charge in [0.25, 0.3) is 0 Å². The highest BCUT2D eigenvalue weighted by molar-refractivity contribution is 7.13. The fraction of sp³-hybridized carbons (Fsp3) is 0.375. The Morgan fingerprint density at radius 1 is 1.34 bits per heavy atom. The number of aromatic amines is 1. The molecule has 1 atom stereocenters. The van der Waals surface area contributed by atoms with Crippen LogP contribution in [0.2, 0.25) is 0 Å². The molecule has 2 aliphatic rings.